The zero-order valence-corrected chi connectivity index (χ0v) is 16.0. The van der Waals surface area contributed by atoms with Gasteiger partial charge in [-0.2, -0.15) is 4.31 Å². The first kappa shape index (κ1) is 19.7. The predicted molar refractivity (Wildman–Crippen MR) is 96.5 cm³/mol. The lowest BCUT2D eigenvalue weighted by atomic mass is 9.96. The summed E-state index contributed by atoms with van der Waals surface area (Å²) in [6.45, 7) is 0.610. The smallest absolute Gasteiger partial charge is 0.243 e. The summed E-state index contributed by atoms with van der Waals surface area (Å²) in [5.74, 6) is -0.823. The number of piperidine rings is 1. The Bertz CT molecular complexity index is 726. The largest absolute Gasteiger partial charge is 0.369 e. The van der Waals surface area contributed by atoms with Crippen molar-refractivity contribution >= 4 is 33.6 Å². The van der Waals surface area contributed by atoms with Crippen LogP contribution in [0.15, 0.2) is 34.1 Å². The van der Waals surface area contributed by atoms with Gasteiger partial charge in [0.1, 0.15) is 0 Å². The number of sulfonamides is 1. The van der Waals surface area contributed by atoms with E-state index in [4.69, 9.17) is 5.73 Å². The van der Waals surface area contributed by atoms with Gasteiger partial charge in [0.2, 0.25) is 21.8 Å². The van der Waals surface area contributed by atoms with Crippen molar-refractivity contribution in [2.45, 2.75) is 22.6 Å². The third-order valence-corrected chi connectivity index (χ3v) is 6.94. The summed E-state index contributed by atoms with van der Waals surface area (Å²) in [4.78, 5) is 26.2. The van der Waals surface area contributed by atoms with E-state index in [1.807, 2.05) is 6.26 Å². The summed E-state index contributed by atoms with van der Waals surface area (Å²) in [5, 5.41) is 0. The highest BCUT2D eigenvalue weighted by atomic mass is 32.2. The van der Waals surface area contributed by atoms with Crippen LogP contribution in [0.4, 0.5) is 0 Å². The van der Waals surface area contributed by atoms with Gasteiger partial charge >= 0.3 is 0 Å². The molecule has 138 valence electrons. The second-order valence-electron chi connectivity index (χ2n) is 5.99. The second kappa shape index (κ2) is 8.20. The molecule has 0 radical (unpaired) electrons. The maximum Gasteiger partial charge on any atom is 0.243 e. The van der Waals surface area contributed by atoms with Gasteiger partial charge in [-0.1, -0.05) is 0 Å². The number of carbonyl (C=O) groups is 2. The molecule has 1 aliphatic heterocycles. The van der Waals surface area contributed by atoms with Crippen LogP contribution in [0.5, 0.6) is 0 Å². The van der Waals surface area contributed by atoms with E-state index in [9.17, 15) is 18.0 Å². The number of hydrogen-bond donors (Lipinski definition) is 1. The highest BCUT2D eigenvalue weighted by Crippen LogP contribution is 2.21. The molecule has 1 fully saturated rings. The molecule has 2 amide bonds. The number of nitrogens with two attached hydrogens (primary N) is 1. The zero-order valence-electron chi connectivity index (χ0n) is 14.3. The van der Waals surface area contributed by atoms with Crippen LogP contribution in [0.3, 0.4) is 0 Å². The van der Waals surface area contributed by atoms with Crippen molar-refractivity contribution in [1.29, 1.82) is 0 Å². The number of hydrogen-bond acceptors (Lipinski definition) is 5. The number of thioether (sulfide) groups is 1. The molecule has 1 heterocycles. The van der Waals surface area contributed by atoms with E-state index in [1.54, 1.807) is 29.2 Å². The molecule has 7 nitrogen and oxygen atoms in total. The second-order valence-corrected chi connectivity index (χ2v) is 8.92. The number of primary amides is 1. The first-order valence-electron chi connectivity index (χ1n) is 7.93. The Kier molecular flexibility index (Phi) is 6.47. The first-order valence-corrected chi connectivity index (χ1v) is 10.6. The highest BCUT2D eigenvalue weighted by Gasteiger charge is 2.29. The van der Waals surface area contributed by atoms with Crippen LogP contribution >= 0.6 is 11.8 Å². The van der Waals surface area contributed by atoms with Crippen molar-refractivity contribution in [2.24, 2.45) is 11.7 Å². The van der Waals surface area contributed by atoms with Gasteiger partial charge in [-0.25, -0.2) is 8.42 Å². The lowest BCUT2D eigenvalue weighted by molar-refractivity contribution is -0.134. The summed E-state index contributed by atoms with van der Waals surface area (Å²) in [7, 11) is -2.32. The molecule has 25 heavy (non-hydrogen) atoms. The predicted octanol–water partition coefficient (Wildman–Crippen LogP) is 0.753. The Morgan fingerprint density at radius 2 is 1.80 bits per heavy atom. The zero-order chi connectivity index (χ0) is 18.6. The Hall–Kier alpha value is -1.58. The number of rotatable bonds is 6. The van der Waals surface area contributed by atoms with Gasteiger partial charge in [-0.15, -0.1) is 11.8 Å². The summed E-state index contributed by atoms with van der Waals surface area (Å²) >= 11 is 1.53. The van der Waals surface area contributed by atoms with E-state index in [1.165, 1.54) is 18.8 Å². The average Bonchev–Trinajstić information content (AvgIpc) is 2.61. The third kappa shape index (κ3) is 4.74. The minimum atomic E-state index is -3.72. The molecule has 1 saturated heterocycles. The lowest BCUT2D eigenvalue weighted by Gasteiger charge is -2.31. The molecule has 1 aromatic rings. The summed E-state index contributed by atoms with van der Waals surface area (Å²) < 4.78 is 26.2. The molecule has 0 aliphatic carbocycles. The van der Waals surface area contributed by atoms with Crippen LogP contribution in [-0.4, -0.2) is 62.4 Å². The minimum Gasteiger partial charge on any atom is -0.369 e. The number of carbonyl (C=O) groups excluding carboxylic acids is 2. The van der Waals surface area contributed by atoms with Gasteiger partial charge in [0.05, 0.1) is 11.4 Å². The fourth-order valence-corrected chi connectivity index (χ4v) is 4.25. The van der Waals surface area contributed by atoms with Crippen molar-refractivity contribution in [3.8, 4) is 0 Å². The summed E-state index contributed by atoms with van der Waals surface area (Å²) in [5.41, 5.74) is 5.28. The number of likely N-dealkylation sites (N-methyl/N-ethyl adjacent to an activating group) is 1. The number of amides is 2. The molecule has 1 aliphatic rings. The van der Waals surface area contributed by atoms with Crippen LogP contribution in [0, 0.1) is 5.92 Å². The SMILES string of the molecule is CSc1ccc(S(=O)(=O)N(C)CC(=O)N2CCC(C(N)=O)CC2)cc1. The van der Waals surface area contributed by atoms with Crippen LogP contribution in [-0.2, 0) is 19.6 Å². The van der Waals surface area contributed by atoms with Crippen molar-refractivity contribution in [3.63, 3.8) is 0 Å². The fourth-order valence-electron chi connectivity index (χ4n) is 2.72. The molecule has 0 saturated carbocycles. The minimum absolute atomic E-state index is 0.160. The Morgan fingerprint density at radius 3 is 2.28 bits per heavy atom. The summed E-state index contributed by atoms with van der Waals surface area (Å²) in [6.07, 6.45) is 2.96. The maximum atomic E-state index is 12.6. The lowest BCUT2D eigenvalue weighted by Crippen LogP contribution is -2.46. The van der Waals surface area contributed by atoms with E-state index in [0.29, 0.717) is 25.9 Å². The Morgan fingerprint density at radius 1 is 1.24 bits per heavy atom. The molecule has 1 aromatic carbocycles. The molecule has 0 unspecified atom stereocenters. The quantitative estimate of drug-likeness (QED) is 0.729. The summed E-state index contributed by atoms with van der Waals surface area (Å²) in [6, 6.07) is 6.56. The van der Waals surface area contributed by atoms with Gasteiger partial charge in [0.25, 0.3) is 0 Å². The van der Waals surface area contributed by atoms with Crippen molar-refractivity contribution in [2.75, 3.05) is 32.9 Å². The molecular weight excluding hydrogens is 362 g/mol. The number of benzene rings is 1. The topological polar surface area (TPSA) is 101 Å². The molecule has 0 bridgehead atoms. The van der Waals surface area contributed by atoms with E-state index < -0.39 is 10.0 Å². The number of likely N-dealkylation sites (tertiary alicyclic amines) is 1. The first-order chi connectivity index (χ1) is 11.8. The maximum absolute atomic E-state index is 12.6. The van der Waals surface area contributed by atoms with Crippen molar-refractivity contribution in [1.82, 2.24) is 9.21 Å². The van der Waals surface area contributed by atoms with E-state index >= 15 is 0 Å². The fraction of sp³-hybridized carbons (Fsp3) is 0.500. The molecule has 0 atom stereocenters. The van der Waals surface area contributed by atoms with E-state index in [0.717, 1.165) is 9.20 Å². The highest BCUT2D eigenvalue weighted by molar-refractivity contribution is 7.98. The standard InChI is InChI=1S/C16H23N3O4S2/c1-18(25(22,23)14-5-3-13(24-2)4-6-14)11-15(20)19-9-7-12(8-10-19)16(17)21/h3-6,12H,7-11H2,1-2H3,(H2,17,21). The number of nitrogens with zero attached hydrogens (tertiary/aromatic N) is 2. The van der Waals surface area contributed by atoms with Crippen molar-refractivity contribution in [3.05, 3.63) is 24.3 Å². The van der Waals surface area contributed by atoms with Crippen LogP contribution < -0.4 is 5.73 Å². The van der Waals surface area contributed by atoms with E-state index in [-0.39, 0.29) is 29.2 Å². The normalized spacial score (nSPS) is 16.2. The third-order valence-electron chi connectivity index (χ3n) is 4.38. The van der Waals surface area contributed by atoms with Gasteiger partial charge in [0.15, 0.2) is 0 Å². The van der Waals surface area contributed by atoms with Crippen LogP contribution in [0.2, 0.25) is 0 Å². The average molecular weight is 386 g/mol. The van der Waals surface area contributed by atoms with Gasteiger partial charge in [-0.05, 0) is 43.4 Å². The van der Waals surface area contributed by atoms with Crippen molar-refractivity contribution < 1.29 is 18.0 Å². The van der Waals surface area contributed by atoms with Crippen LogP contribution in [0.1, 0.15) is 12.8 Å². The molecule has 0 aromatic heterocycles. The van der Waals surface area contributed by atoms with Crippen LogP contribution in [0.25, 0.3) is 0 Å². The van der Waals surface area contributed by atoms with Gasteiger partial charge in [0, 0.05) is 31.0 Å². The molecule has 2 N–H and O–H groups in total. The Labute approximate surface area is 152 Å². The molecule has 2 rings (SSSR count). The molecule has 9 heteroatoms. The molecule has 0 spiro atoms. The monoisotopic (exact) mass is 385 g/mol. The molecular formula is C16H23N3O4S2. The van der Waals surface area contributed by atoms with Gasteiger partial charge < -0.3 is 10.6 Å². The Balaban J connectivity index is 1.99. The van der Waals surface area contributed by atoms with Gasteiger partial charge in [-0.3, -0.25) is 9.59 Å². The van der Waals surface area contributed by atoms with E-state index in [2.05, 4.69) is 0 Å².